The molecule has 0 saturated carbocycles. The molecule has 0 aliphatic rings. The third-order valence-corrected chi connectivity index (χ3v) is 3.81. The van der Waals surface area contributed by atoms with Crippen LogP contribution in [0.5, 0.6) is 11.6 Å². The lowest BCUT2D eigenvalue weighted by Gasteiger charge is -2.09. The summed E-state index contributed by atoms with van der Waals surface area (Å²) in [6.45, 7) is 7.92. The van der Waals surface area contributed by atoms with Crippen LogP contribution in [0.4, 0.5) is 5.69 Å². The van der Waals surface area contributed by atoms with Gasteiger partial charge < -0.3 is 10.1 Å². The zero-order valence-corrected chi connectivity index (χ0v) is 15.9. The van der Waals surface area contributed by atoms with Gasteiger partial charge in [-0.25, -0.2) is 4.68 Å². The van der Waals surface area contributed by atoms with Crippen molar-refractivity contribution >= 4 is 11.6 Å². The molecule has 1 amide bonds. The van der Waals surface area contributed by atoms with Crippen molar-refractivity contribution in [2.24, 2.45) is 5.92 Å². The molecule has 0 bridgehead atoms. The van der Waals surface area contributed by atoms with Gasteiger partial charge >= 0.3 is 0 Å². The first-order valence-corrected chi connectivity index (χ1v) is 8.86. The van der Waals surface area contributed by atoms with Crippen LogP contribution in [0.15, 0.2) is 42.5 Å². The van der Waals surface area contributed by atoms with Crippen LogP contribution >= 0.6 is 0 Å². The van der Waals surface area contributed by atoms with Crippen LogP contribution in [0.25, 0.3) is 5.82 Å². The predicted molar refractivity (Wildman–Crippen MR) is 103 cm³/mol. The molecule has 0 aliphatic heterocycles. The van der Waals surface area contributed by atoms with Gasteiger partial charge in [-0.3, -0.25) is 4.79 Å². The fraction of sp³-hybridized carbons (Fsp3) is 0.300. The maximum atomic E-state index is 11.8. The molecule has 27 heavy (non-hydrogen) atoms. The van der Waals surface area contributed by atoms with E-state index in [1.165, 1.54) is 0 Å². The number of hydrogen-bond donors (Lipinski definition) is 1. The maximum Gasteiger partial charge on any atom is 0.238 e. The van der Waals surface area contributed by atoms with Crippen molar-refractivity contribution in [1.82, 2.24) is 20.0 Å². The number of nitrogens with zero attached hydrogens (tertiary/aromatic N) is 4. The van der Waals surface area contributed by atoms with E-state index in [1.54, 1.807) is 35.0 Å². The first kappa shape index (κ1) is 18.6. The SMILES string of the molecule is Cc1cc(C)n(-c2ccc(Oc3ccc(NC(=O)CC(C)C)cc3)nn2)n1. The Balaban J connectivity index is 1.63. The summed E-state index contributed by atoms with van der Waals surface area (Å²) in [7, 11) is 0. The molecule has 0 spiro atoms. The van der Waals surface area contributed by atoms with E-state index in [0.29, 0.717) is 29.8 Å². The van der Waals surface area contributed by atoms with Gasteiger partial charge in [0.25, 0.3) is 0 Å². The second kappa shape index (κ2) is 7.99. The van der Waals surface area contributed by atoms with Gasteiger partial charge in [0, 0.05) is 23.9 Å². The molecule has 0 radical (unpaired) electrons. The highest BCUT2D eigenvalue weighted by atomic mass is 16.5. The molecule has 0 fully saturated rings. The van der Waals surface area contributed by atoms with Gasteiger partial charge in [-0.2, -0.15) is 5.10 Å². The smallest absolute Gasteiger partial charge is 0.238 e. The number of ether oxygens (including phenoxy) is 1. The summed E-state index contributed by atoms with van der Waals surface area (Å²) in [5.74, 6) is 1.96. The Kier molecular flexibility index (Phi) is 5.49. The van der Waals surface area contributed by atoms with Crippen LogP contribution < -0.4 is 10.1 Å². The Morgan fingerprint density at radius 3 is 2.41 bits per heavy atom. The second-order valence-corrected chi connectivity index (χ2v) is 6.84. The molecular formula is C20H23N5O2. The second-order valence-electron chi connectivity index (χ2n) is 6.84. The van der Waals surface area contributed by atoms with Crippen molar-refractivity contribution in [3.63, 3.8) is 0 Å². The van der Waals surface area contributed by atoms with Gasteiger partial charge in [-0.1, -0.05) is 13.8 Å². The summed E-state index contributed by atoms with van der Waals surface area (Å²) in [6, 6.07) is 12.7. The Morgan fingerprint density at radius 2 is 1.85 bits per heavy atom. The number of nitrogens with one attached hydrogen (secondary N) is 1. The average Bonchev–Trinajstić information content (AvgIpc) is 2.95. The van der Waals surface area contributed by atoms with Crippen LogP contribution in [0.3, 0.4) is 0 Å². The lowest BCUT2D eigenvalue weighted by molar-refractivity contribution is -0.116. The fourth-order valence-electron chi connectivity index (χ4n) is 2.65. The first-order chi connectivity index (χ1) is 12.9. The number of aryl methyl sites for hydroxylation is 2. The summed E-state index contributed by atoms with van der Waals surface area (Å²) in [4.78, 5) is 11.8. The van der Waals surface area contributed by atoms with Crippen molar-refractivity contribution in [1.29, 1.82) is 0 Å². The molecule has 3 rings (SSSR count). The molecule has 2 aromatic heterocycles. The number of carbonyl (C=O) groups excluding carboxylic acids is 1. The normalized spacial score (nSPS) is 10.9. The number of anilines is 1. The molecule has 1 N–H and O–H groups in total. The molecule has 140 valence electrons. The molecule has 0 unspecified atom stereocenters. The minimum atomic E-state index is 0.00396. The van der Waals surface area contributed by atoms with Gasteiger partial charge in [0.1, 0.15) is 5.75 Å². The van der Waals surface area contributed by atoms with E-state index in [1.807, 2.05) is 39.8 Å². The van der Waals surface area contributed by atoms with Gasteiger partial charge in [-0.15, -0.1) is 10.2 Å². The minimum Gasteiger partial charge on any atom is -0.438 e. The Labute approximate surface area is 158 Å². The molecule has 3 aromatic rings. The van der Waals surface area contributed by atoms with Crippen molar-refractivity contribution in [2.75, 3.05) is 5.32 Å². The molecule has 7 nitrogen and oxygen atoms in total. The highest BCUT2D eigenvalue weighted by molar-refractivity contribution is 5.90. The third kappa shape index (κ3) is 4.91. The zero-order chi connectivity index (χ0) is 19.4. The number of aromatic nitrogens is 4. The monoisotopic (exact) mass is 365 g/mol. The lowest BCUT2D eigenvalue weighted by atomic mass is 10.1. The van der Waals surface area contributed by atoms with E-state index in [-0.39, 0.29) is 5.91 Å². The molecular weight excluding hydrogens is 342 g/mol. The maximum absolute atomic E-state index is 11.8. The van der Waals surface area contributed by atoms with Crippen molar-refractivity contribution in [3.8, 4) is 17.4 Å². The van der Waals surface area contributed by atoms with Crippen molar-refractivity contribution < 1.29 is 9.53 Å². The van der Waals surface area contributed by atoms with E-state index in [2.05, 4.69) is 20.6 Å². The Hall–Kier alpha value is -3.22. The molecule has 0 atom stereocenters. The molecule has 0 saturated heterocycles. The number of hydrogen-bond acceptors (Lipinski definition) is 5. The Morgan fingerprint density at radius 1 is 1.11 bits per heavy atom. The summed E-state index contributed by atoms with van der Waals surface area (Å²) in [6.07, 6.45) is 0.495. The largest absolute Gasteiger partial charge is 0.438 e. The van der Waals surface area contributed by atoms with Crippen LogP contribution in [-0.2, 0) is 4.79 Å². The number of carbonyl (C=O) groups is 1. The van der Waals surface area contributed by atoms with Gasteiger partial charge in [0.15, 0.2) is 5.82 Å². The van der Waals surface area contributed by atoms with E-state index < -0.39 is 0 Å². The van der Waals surface area contributed by atoms with Crippen LogP contribution in [0.1, 0.15) is 31.7 Å². The van der Waals surface area contributed by atoms with Crippen molar-refractivity contribution in [2.45, 2.75) is 34.1 Å². The topological polar surface area (TPSA) is 81.9 Å². The number of benzene rings is 1. The summed E-state index contributed by atoms with van der Waals surface area (Å²) in [5.41, 5.74) is 2.65. The summed E-state index contributed by atoms with van der Waals surface area (Å²) >= 11 is 0. The van der Waals surface area contributed by atoms with Gasteiger partial charge in [0.2, 0.25) is 11.8 Å². The van der Waals surface area contributed by atoms with E-state index in [4.69, 9.17) is 4.74 Å². The fourth-order valence-corrected chi connectivity index (χ4v) is 2.65. The Bertz CT molecular complexity index is 915. The summed E-state index contributed by atoms with van der Waals surface area (Å²) in [5, 5.41) is 15.5. The zero-order valence-electron chi connectivity index (χ0n) is 15.9. The van der Waals surface area contributed by atoms with Crippen LogP contribution in [0.2, 0.25) is 0 Å². The quantitative estimate of drug-likeness (QED) is 0.712. The standard InChI is InChI=1S/C20H23N5O2/c1-13(2)11-19(26)21-16-5-7-17(8-6-16)27-20-10-9-18(22-23-20)25-15(4)12-14(3)24-25/h5-10,12-13H,11H2,1-4H3,(H,21,26). The van der Waals surface area contributed by atoms with Crippen molar-refractivity contribution in [3.05, 3.63) is 53.9 Å². The molecule has 0 aliphatic carbocycles. The summed E-state index contributed by atoms with van der Waals surface area (Å²) < 4.78 is 7.45. The number of amides is 1. The lowest BCUT2D eigenvalue weighted by Crippen LogP contribution is -2.13. The molecule has 2 heterocycles. The average molecular weight is 365 g/mol. The van der Waals surface area contributed by atoms with E-state index in [9.17, 15) is 4.79 Å². The highest BCUT2D eigenvalue weighted by Crippen LogP contribution is 2.22. The molecule has 1 aromatic carbocycles. The predicted octanol–water partition coefficient (Wildman–Crippen LogP) is 4.06. The minimum absolute atomic E-state index is 0.00396. The highest BCUT2D eigenvalue weighted by Gasteiger charge is 2.08. The first-order valence-electron chi connectivity index (χ1n) is 8.86. The van der Waals surface area contributed by atoms with Crippen LogP contribution in [0, 0.1) is 19.8 Å². The van der Waals surface area contributed by atoms with E-state index >= 15 is 0 Å². The third-order valence-electron chi connectivity index (χ3n) is 3.81. The van der Waals surface area contributed by atoms with Gasteiger partial charge in [0.05, 0.1) is 5.69 Å². The van der Waals surface area contributed by atoms with Gasteiger partial charge in [-0.05, 0) is 56.2 Å². The molecule has 7 heteroatoms. The number of rotatable bonds is 6. The van der Waals surface area contributed by atoms with E-state index in [0.717, 1.165) is 17.1 Å². The van der Waals surface area contributed by atoms with Crippen LogP contribution in [-0.4, -0.2) is 25.9 Å².